The van der Waals surface area contributed by atoms with Gasteiger partial charge in [-0.3, -0.25) is 0 Å². The standard InChI is InChI=1S/C15H16N2O2/c16-7-9-3-12-14(15(1-2-15)8-18-12)13(4-9)19-11-5-10(17)6-11/h3-4,10-11H,1-2,5-6,8,17H2/t10-,11+. The third-order valence-corrected chi connectivity index (χ3v) is 4.51. The van der Waals surface area contributed by atoms with Crippen molar-refractivity contribution in [2.75, 3.05) is 6.61 Å². The van der Waals surface area contributed by atoms with Crippen LogP contribution in [0.2, 0.25) is 0 Å². The summed E-state index contributed by atoms with van der Waals surface area (Å²) >= 11 is 0. The molecule has 4 rings (SSSR count). The first kappa shape index (κ1) is 11.1. The van der Waals surface area contributed by atoms with Gasteiger partial charge >= 0.3 is 0 Å². The molecule has 0 saturated heterocycles. The van der Waals surface area contributed by atoms with Gasteiger partial charge in [0.05, 0.1) is 18.2 Å². The topological polar surface area (TPSA) is 68.3 Å². The summed E-state index contributed by atoms with van der Waals surface area (Å²) in [4.78, 5) is 0. The van der Waals surface area contributed by atoms with Crippen molar-refractivity contribution in [3.63, 3.8) is 0 Å². The number of benzene rings is 1. The summed E-state index contributed by atoms with van der Waals surface area (Å²) in [5, 5.41) is 9.11. The second-order valence-electron chi connectivity index (χ2n) is 6.00. The van der Waals surface area contributed by atoms with Crippen molar-refractivity contribution in [2.24, 2.45) is 5.73 Å². The molecule has 4 nitrogen and oxygen atoms in total. The van der Waals surface area contributed by atoms with Crippen LogP contribution in [0.5, 0.6) is 11.5 Å². The third kappa shape index (κ3) is 1.62. The van der Waals surface area contributed by atoms with Gasteiger partial charge in [-0.15, -0.1) is 0 Å². The van der Waals surface area contributed by atoms with E-state index in [1.54, 1.807) is 0 Å². The normalized spacial score (nSPS) is 29.1. The molecule has 1 aromatic carbocycles. The molecule has 2 fully saturated rings. The summed E-state index contributed by atoms with van der Waals surface area (Å²) in [7, 11) is 0. The molecule has 98 valence electrons. The number of hydrogen-bond donors (Lipinski definition) is 1. The molecule has 0 bridgehead atoms. The molecule has 1 heterocycles. The summed E-state index contributed by atoms with van der Waals surface area (Å²) < 4.78 is 11.8. The third-order valence-electron chi connectivity index (χ3n) is 4.51. The Morgan fingerprint density at radius 3 is 2.79 bits per heavy atom. The fourth-order valence-corrected chi connectivity index (χ4v) is 3.10. The molecule has 19 heavy (non-hydrogen) atoms. The van der Waals surface area contributed by atoms with Crippen molar-refractivity contribution in [2.45, 2.75) is 43.2 Å². The van der Waals surface area contributed by atoms with Crippen molar-refractivity contribution in [3.05, 3.63) is 23.3 Å². The van der Waals surface area contributed by atoms with E-state index in [4.69, 9.17) is 20.5 Å². The summed E-state index contributed by atoms with van der Waals surface area (Å²) in [5.74, 6) is 1.69. The van der Waals surface area contributed by atoms with Crippen LogP contribution in [0.3, 0.4) is 0 Å². The SMILES string of the molecule is N#Cc1cc2c(c(O[C@H]3C[C@@H](N)C3)c1)C1(CC1)CO2. The van der Waals surface area contributed by atoms with E-state index in [0.29, 0.717) is 5.56 Å². The van der Waals surface area contributed by atoms with Gasteiger partial charge in [-0.2, -0.15) is 5.26 Å². The predicted molar refractivity (Wildman–Crippen MR) is 69.2 cm³/mol. The van der Waals surface area contributed by atoms with E-state index in [1.807, 2.05) is 12.1 Å². The van der Waals surface area contributed by atoms with Crippen LogP contribution in [0, 0.1) is 11.3 Å². The van der Waals surface area contributed by atoms with Gasteiger partial charge in [0.25, 0.3) is 0 Å². The van der Waals surface area contributed by atoms with E-state index in [2.05, 4.69) is 6.07 Å². The van der Waals surface area contributed by atoms with E-state index in [0.717, 1.165) is 43.8 Å². The van der Waals surface area contributed by atoms with Crippen LogP contribution in [0.15, 0.2) is 12.1 Å². The average molecular weight is 256 g/mol. The molecule has 0 radical (unpaired) electrons. The number of rotatable bonds is 2. The highest BCUT2D eigenvalue weighted by Crippen LogP contribution is 2.59. The number of nitrogens with two attached hydrogens (primary N) is 1. The summed E-state index contributed by atoms with van der Waals surface area (Å²) in [5.41, 5.74) is 7.76. The quantitative estimate of drug-likeness (QED) is 0.876. The highest BCUT2D eigenvalue weighted by Gasteiger charge is 2.53. The largest absolute Gasteiger partial charge is 0.492 e. The molecule has 0 unspecified atom stereocenters. The molecule has 0 aromatic heterocycles. The fraction of sp³-hybridized carbons (Fsp3) is 0.533. The predicted octanol–water partition coefficient (Wildman–Crippen LogP) is 1.85. The average Bonchev–Trinajstić information content (AvgIpc) is 3.04. The van der Waals surface area contributed by atoms with Gasteiger partial charge in [0.15, 0.2) is 0 Å². The van der Waals surface area contributed by atoms with Crippen LogP contribution >= 0.6 is 0 Å². The molecule has 1 aliphatic heterocycles. The van der Waals surface area contributed by atoms with E-state index < -0.39 is 0 Å². The van der Waals surface area contributed by atoms with Gasteiger partial charge in [-0.1, -0.05) is 0 Å². The Morgan fingerprint density at radius 1 is 1.37 bits per heavy atom. The van der Waals surface area contributed by atoms with Crippen molar-refractivity contribution in [1.82, 2.24) is 0 Å². The van der Waals surface area contributed by atoms with Crippen LogP contribution < -0.4 is 15.2 Å². The number of ether oxygens (including phenoxy) is 2. The molecule has 1 aromatic rings. The van der Waals surface area contributed by atoms with E-state index in [1.165, 1.54) is 5.56 Å². The van der Waals surface area contributed by atoms with Crippen molar-refractivity contribution < 1.29 is 9.47 Å². The number of nitriles is 1. The van der Waals surface area contributed by atoms with Crippen LogP contribution in [0.1, 0.15) is 36.8 Å². The lowest BCUT2D eigenvalue weighted by molar-refractivity contribution is 0.0994. The van der Waals surface area contributed by atoms with Gasteiger partial charge in [0.2, 0.25) is 0 Å². The lowest BCUT2D eigenvalue weighted by Crippen LogP contribution is -2.43. The Bertz CT molecular complexity index is 581. The lowest BCUT2D eigenvalue weighted by Gasteiger charge is -2.33. The van der Waals surface area contributed by atoms with Gasteiger partial charge < -0.3 is 15.2 Å². The minimum atomic E-state index is 0.171. The molecular weight excluding hydrogens is 240 g/mol. The molecule has 0 atom stereocenters. The fourth-order valence-electron chi connectivity index (χ4n) is 3.10. The molecule has 3 aliphatic rings. The molecule has 2 saturated carbocycles. The molecule has 0 amide bonds. The van der Waals surface area contributed by atoms with Crippen LogP contribution in [0.4, 0.5) is 0 Å². The zero-order chi connectivity index (χ0) is 13.0. The first-order chi connectivity index (χ1) is 9.20. The Morgan fingerprint density at radius 2 is 2.16 bits per heavy atom. The summed E-state index contributed by atoms with van der Waals surface area (Å²) in [6.45, 7) is 0.734. The Balaban J connectivity index is 1.72. The van der Waals surface area contributed by atoms with E-state index in [9.17, 15) is 0 Å². The molecule has 2 N–H and O–H groups in total. The highest BCUT2D eigenvalue weighted by molar-refractivity contribution is 5.59. The lowest BCUT2D eigenvalue weighted by atomic mass is 9.89. The number of hydrogen-bond acceptors (Lipinski definition) is 4. The van der Waals surface area contributed by atoms with Crippen LogP contribution in [-0.2, 0) is 5.41 Å². The first-order valence-electron chi connectivity index (χ1n) is 6.84. The zero-order valence-electron chi connectivity index (χ0n) is 10.7. The van der Waals surface area contributed by atoms with Crippen LogP contribution in [-0.4, -0.2) is 18.8 Å². The Labute approximate surface area is 112 Å². The Kier molecular flexibility index (Phi) is 2.13. The molecule has 4 heteroatoms. The van der Waals surface area contributed by atoms with Gasteiger partial charge in [-0.05, 0) is 37.8 Å². The number of nitrogens with zero attached hydrogens (tertiary/aromatic N) is 1. The van der Waals surface area contributed by atoms with Crippen molar-refractivity contribution >= 4 is 0 Å². The van der Waals surface area contributed by atoms with E-state index >= 15 is 0 Å². The second kappa shape index (κ2) is 3.64. The van der Waals surface area contributed by atoms with Crippen molar-refractivity contribution in [1.29, 1.82) is 5.26 Å². The molecule has 1 spiro atoms. The maximum Gasteiger partial charge on any atom is 0.128 e. The van der Waals surface area contributed by atoms with Crippen LogP contribution in [0.25, 0.3) is 0 Å². The van der Waals surface area contributed by atoms with Gasteiger partial charge in [-0.25, -0.2) is 0 Å². The minimum Gasteiger partial charge on any atom is -0.492 e. The monoisotopic (exact) mass is 256 g/mol. The highest BCUT2D eigenvalue weighted by atomic mass is 16.5. The van der Waals surface area contributed by atoms with E-state index in [-0.39, 0.29) is 17.6 Å². The van der Waals surface area contributed by atoms with Gasteiger partial charge in [0.1, 0.15) is 17.6 Å². The van der Waals surface area contributed by atoms with Crippen molar-refractivity contribution in [3.8, 4) is 17.6 Å². The maximum atomic E-state index is 9.11. The number of fused-ring (bicyclic) bond motifs is 2. The minimum absolute atomic E-state index is 0.171. The Hall–Kier alpha value is -1.73. The molecular formula is C15H16N2O2. The van der Waals surface area contributed by atoms with Gasteiger partial charge in [0, 0.05) is 17.0 Å². The smallest absolute Gasteiger partial charge is 0.128 e. The maximum absolute atomic E-state index is 9.11. The first-order valence-corrected chi connectivity index (χ1v) is 6.84. The molecule has 2 aliphatic carbocycles. The second-order valence-corrected chi connectivity index (χ2v) is 6.00. The summed E-state index contributed by atoms with van der Waals surface area (Å²) in [6, 6.07) is 6.14. The zero-order valence-corrected chi connectivity index (χ0v) is 10.7. The summed E-state index contributed by atoms with van der Waals surface area (Å²) in [6.07, 6.45) is 4.32.